The van der Waals surface area contributed by atoms with E-state index in [2.05, 4.69) is 4.98 Å². The van der Waals surface area contributed by atoms with Crippen molar-refractivity contribution < 1.29 is 41.0 Å². The first-order valence-electron chi connectivity index (χ1n) is 10.3. The fourth-order valence-electron chi connectivity index (χ4n) is 3.23. The van der Waals surface area contributed by atoms with E-state index in [0.29, 0.717) is 24.2 Å². The fraction of sp³-hybridized carbons (Fsp3) is 0.304. The molecule has 1 heterocycles. The van der Waals surface area contributed by atoms with Gasteiger partial charge in [0, 0.05) is 12.0 Å². The molecule has 0 saturated carbocycles. The number of rotatable bonds is 9. The number of halogens is 5. The van der Waals surface area contributed by atoms with Crippen LogP contribution in [-0.4, -0.2) is 22.6 Å². The molecule has 1 aromatic heterocycles. The molecule has 0 saturated heterocycles. The van der Waals surface area contributed by atoms with Crippen molar-refractivity contribution in [1.82, 2.24) is 4.98 Å². The van der Waals surface area contributed by atoms with Crippen LogP contribution in [-0.2, 0) is 12.6 Å². The monoisotopic (exact) mass is 484 g/mol. The third kappa shape index (κ3) is 5.36. The molecule has 0 radical (unpaired) electrons. The predicted octanol–water partition coefficient (Wildman–Crippen LogP) is 5.19. The van der Waals surface area contributed by atoms with Gasteiger partial charge < -0.3 is 20.0 Å². The zero-order valence-corrected chi connectivity index (χ0v) is 18.0. The molecule has 1 unspecified atom stereocenters. The number of amides is 1. The number of hydrogen-bond acceptors (Lipinski definition) is 5. The van der Waals surface area contributed by atoms with Crippen LogP contribution in [0, 0.1) is 11.6 Å². The minimum Gasteiger partial charge on any atom is -0.475 e. The highest BCUT2D eigenvalue weighted by Gasteiger charge is 2.31. The second kappa shape index (κ2) is 10.2. The summed E-state index contributed by atoms with van der Waals surface area (Å²) in [6.07, 6.45) is -3.99. The molecule has 11 heteroatoms. The smallest absolute Gasteiger partial charge is 0.416 e. The van der Waals surface area contributed by atoms with E-state index in [1.165, 1.54) is 12.1 Å². The van der Waals surface area contributed by atoms with Crippen molar-refractivity contribution in [3.05, 3.63) is 70.8 Å². The van der Waals surface area contributed by atoms with Gasteiger partial charge in [0.1, 0.15) is 22.8 Å². The van der Waals surface area contributed by atoms with Crippen LogP contribution in [0.5, 0.6) is 5.75 Å². The molecule has 0 bridgehead atoms. The van der Waals surface area contributed by atoms with Crippen molar-refractivity contribution in [2.75, 3.05) is 6.61 Å². The van der Waals surface area contributed by atoms with Crippen LogP contribution in [0.1, 0.15) is 53.4 Å². The third-order valence-corrected chi connectivity index (χ3v) is 4.97. The van der Waals surface area contributed by atoms with Gasteiger partial charge in [-0.05, 0) is 30.7 Å². The second-order valence-corrected chi connectivity index (χ2v) is 7.39. The van der Waals surface area contributed by atoms with E-state index in [4.69, 9.17) is 14.9 Å². The summed E-state index contributed by atoms with van der Waals surface area (Å²) in [5, 5.41) is 9.80. The number of benzene rings is 2. The van der Waals surface area contributed by atoms with Gasteiger partial charge in [-0.15, -0.1) is 0 Å². The number of unbranched alkanes of at least 4 members (excludes halogenated alkanes) is 1. The van der Waals surface area contributed by atoms with Crippen LogP contribution in [0.15, 0.2) is 40.8 Å². The molecule has 3 N–H and O–H groups in total. The summed E-state index contributed by atoms with van der Waals surface area (Å²) in [6.45, 7) is 1.20. The lowest BCUT2D eigenvalue weighted by Gasteiger charge is -2.15. The van der Waals surface area contributed by atoms with Crippen molar-refractivity contribution in [3.63, 3.8) is 0 Å². The first-order valence-corrected chi connectivity index (χ1v) is 10.3. The van der Waals surface area contributed by atoms with Gasteiger partial charge in [0.25, 0.3) is 5.91 Å². The number of oxazole rings is 1. The summed E-state index contributed by atoms with van der Waals surface area (Å²) < 4.78 is 78.1. The Kier molecular flexibility index (Phi) is 7.55. The maximum absolute atomic E-state index is 14.6. The Balaban J connectivity index is 1.98. The van der Waals surface area contributed by atoms with E-state index in [0.717, 1.165) is 30.7 Å². The van der Waals surface area contributed by atoms with E-state index in [1.54, 1.807) is 0 Å². The maximum Gasteiger partial charge on any atom is 0.416 e. The summed E-state index contributed by atoms with van der Waals surface area (Å²) in [7, 11) is 0. The van der Waals surface area contributed by atoms with Crippen LogP contribution in [0.4, 0.5) is 22.0 Å². The van der Waals surface area contributed by atoms with Crippen LogP contribution in [0.2, 0.25) is 0 Å². The summed E-state index contributed by atoms with van der Waals surface area (Å²) in [5.74, 6) is -4.28. The lowest BCUT2D eigenvalue weighted by Crippen LogP contribution is -2.18. The standard InChI is InChI=1S/C23H21F5N2O4/c1-2-3-4-16-20(12-5-7-13(8-6-12)23(26,27)28)30-22(34-16)17(11-31)33-15-10-9-14(24)18(19(15)25)21(29)32/h5-10,17,31H,2-4,11H2,1H3,(H2,29,32). The number of carbonyl (C=O) groups excluding carboxylic acids is 1. The number of carbonyl (C=O) groups is 1. The Morgan fingerprint density at radius 1 is 1.18 bits per heavy atom. The topological polar surface area (TPSA) is 98.6 Å². The second-order valence-electron chi connectivity index (χ2n) is 7.39. The molecule has 34 heavy (non-hydrogen) atoms. The van der Waals surface area contributed by atoms with Gasteiger partial charge in [0.15, 0.2) is 17.7 Å². The molecule has 3 aromatic rings. The van der Waals surface area contributed by atoms with Gasteiger partial charge in [-0.25, -0.2) is 13.8 Å². The van der Waals surface area contributed by atoms with Crippen molar-refractivity contribution in [2.45, 2.75) is 38.5 Å². The molecule has 1 amide bonds. The van der Waals surface area contributed by atoms with Crippen molar-refractivity contribution in [1.29, 1.82) is 0 Å². The summed E-state index contributed by atoms with van der Waals surface area (Å²) >= 11 is 0. The number of aliphatic hydroxyl groups is 1. The van der Waals surface area contributed by atoms with Crippen LogP contribution in [0.25, 0.3) is 11.3 Å². The Bertz CT molecular complexity index is 1160. The average molecular weight is 484 g/mol. The summed E-state index contributed by atoms with van der Waals surface area (Å²) in [6, 6.07) is 6.00. The minimum absolute atomic E-state index is 0.173. The number of aliphatic hydroxyl groups excluding tert-OH is 1. The third-order valence-electron chi connectivity index (χ3n) is 4.97. The van der Waals surface area contributed by atoms with Gasteiger partial charge in [-0.3, -0.25) is 4.79 Å². The van der Waals surface area contributed by atoms with Crippen LogP contribution < -0.4 is 10.5 Å². The van der Waals surface area contributed by atoms with Gasteiger partial charge in [-0.1, -0.05) is 25.5 Å². The Labute approximate surface area is 191 Å². The van der Waals surface area contributed by atoms with Gasteiger partial charge >= 0.3 is 6.18 Å². The molecular formula is C23H21F5N2O4. The number of nitrogens with zero attached hydrogens (tertiary/aromatic N) is 1. The minimum atomic E-state index is -4.50. The van der Waals surface area contributed by atoms with E-state index in [-0.39, 0.29) is 11.6 Å². The van der Waals surface area contributed by atoms with Gasteiger partial charge in [0.2, 0.25) is 5.89 Å². The predicted molar refractivity (Wildman–Crippen MR) is 111 cm³/mol. The molecule has 2 aromatic carbocycles. The summed E-state index contributed by atoms with van der Waals surface area (Å²) in [4.78, 5) is 15.6. The molecule has 0 aliphatic carbocycles. The zero-order chi connectivity index (χ0) is 25.0. The first kappa shape index (κ1) is 25.2. The number of primary amides is 1. The van der Waals surface area contributed by atoms with E-state index < -0.39 is 53.3 Å². The molecule has 3 rings (SSSR count). The SMILES string of the molecule is CCCCc1oc(C(CO)Oc2ccc(F)c(C(N)=O)c2F)nc1-c1ccc(C(F)(F)F)cc1. The zero-order valence-electron chi connectivity index (χ0n) is 18.0. The molecule has 6 nitrogen and oxygen atoms in total. The Morgan fingerprint density at radius 2 is 1.85 bits per heavy atom. The van der Waals surface area contributed by atoms with Crippen LogP contribution >= 0.6 is 0 Å². The van der Waals surface area contributed by atoms with E-state index >= 15 is 0 Å². The molecular weight excluding hydrogens is 463 g/mol. The van der Waals surface area contributed by atoms with Crippen LogP contribution in [0.3, 0.4) is 0 Å². The summed E-state index contributed by atoms with van der Waals surface area (Å²) in [5.41, 5.74) is 3.76. The molecule has 182 valence electrons. The lowest BCUT2D eigenvalue weighted by molar-refractivity contribution is -0.137. The number of ether oxygens (including phenoxy) is 1. The molecule has 0 fully saturated rings. The number of aromatic nitrogens is 1. The number of aryl methyl sites for hydroxylation is 1. The van der Waals surface area contributed by atoms with Crippen molar-refractivity contribution in [3.8, 4) is 17.0 Å². The molecule has 0 aliphatic rings. The quantitative estimate of drug-likeness (QED) is 0.407. The normalized spacial score (nSPS) is 12.6. The fourth-order valence-corrected chi connectivity index (χ4v) is 3.23. The van der Waals surface area contributed by atoms with Crippen molar-refractivity contribution >= 4 is 5.91 Å². The molecule has 0 aliphatic heterocycles. The average Bonchev–Trinajstić information content (AvgIpc) is 3.20. The van der Waals surface area contributed by atoms with Crippen molar-refractivity contribution in [2.24, 2.45) is 5.73 Å². The molecule has 0 spiro atoms. The number of nitrogens with two attached hydrogens (primary N) is 1. The van der Waals surface area contributed by atoms with E-state index in [1.807, 2.05) is 6.92 Å². The van der Waals surface area contributed by atoms with Gasteiger partial charge in [-0.2, -0.15) is 13.2 Å². The highest BCUT2D eigenvalue weighted by Crippen LogP contribution is 2.34. The van der Waals surface area contributed by atoms with E-state index in [9.17, 15) is 31.9 Å². The largest absolute Gasteiger partial charge is 0.475 e. The van der Waals surface area contributed by atoms with Gasteiger partial charge in [0.05, 0.1) is 12.2 Å². The Morgan fingerprint density at radius 3 is 2.41 bits per heavy atom. The highest BCUT2D eigenvalue weighted by molar-refractivity contribution is 5.93. The first-order chi connectivity index (χ1) is 16.1. The Hall–Kier alpha value is -3.47. The highest BCUT2D eigenvalue weighted by atomic mass is 19.4. The molecule has 1 atom stereocenters. The maximum atomic E-state index is 14.6. The number of alkyl halides is 3. The lowest BCUT2D eigenvalue weighted by atomic mass is 10.1. The number of hydrogen-bond donors (Lipinski definition) is 2.